The maximum Gasteiger partial charge on any atom is 0.416 e. The first kappa shape index (κ1) is 34.4. The van der Waals surface area contributed by atoms with Crippen LogP contribution in [0.3, 0.4) is 0 Å². The highest BCUT2D eigenvalue weighted by atomic mass is 35.5. The largest absolute Gasteiger partial charge is 0.416 e. The SMILES string of the molecule is CCC(O)(CCNCCC(/C(CN(C)C(=O)c1cccc(C(F)(F)F)c1)=N\OC)c1ccc(Cl)c(Cl)c1)c1ccccc1. The number of benzene rings is 3. The molecule has 2 unspecified atom stereocenters. The van der Waals surface area contributed by atoms with Gasteiger partial charge in [-0.1, -0.05) is 77.7 Å². The van der Waals surface area contributed by atoms with Crippen molar-refractivity contribution in [3.8, 4) is 0 Å². The normalized spacial score (nSPS) is 14.2. The first-order valence-corrected chi connectivity index (χ1v) is 14.6. The van der Waals surface area contributed by atoms with Crippen molar-refractivity contribution < 1.29 is 27.9 Å². The molecule has 11 heteroatoms. The monoisotopic (exact) mass is 637 g/mol. The molecule has 232 valence electrons. The number of hydrogen-bond donors (Lipinski definition) is 2. The van der Waals surface area contributed by atoms with Crippen LogP contribution in [0, 0.1) is 0 Å². The van der Waals surface area contributed by atoms with E-state index in [0.29, 0.717) is 48.1 Å². The minimum atomic E-state index is -4.57. The van der Waals surface area contributed by atoms with Crippen molar-refractivity contribution >= 4 is 34.8 Å². The number of carbonyl (C=O) groups excluding carboxylic acids is 1. The summed E-state index contributed by atoms with van der Waals surface area (Å²) in [6.07, 6.45) is -3.00. The summed E-state index contributed by atoms with van der Waals surface area (Å²) < 4.78 is 39.7. The quantitative estimate of drug-likeness (QED) is 0.109. The van der Waals surface area contributed by atoms with Crippen molar-refractivity contribution in [2.45, 2.75) is 43.9 Å². The first-order valence-electron chi connectivity index (χ1n) is 13.9. The van der Waals surface area contributed by atoms with E-state index in [0.717, 1.165) is 23.3 Å². The third kappa shape index (κ3) is 9.44. The number of aliphatic hydroxyl groups is 1. The summed E-state index contributed by atoms with van der Waals surface area (Å²) in [6, 6.07) is 19.0. The van der Waals surface area contributed by atoms with Gasteiger partial charge in [-0.15, -0.1) is 0 Å². The molecule has 0 fully saturated rings. The minimum Gasteiger partial charge on any atom is -0.399 e. The van der Waals surface area contributed by atoms with Crippen LogP contribution in [0.25, 0.3) is 0 Å². The van der Waals surface area contributed by atoms with E-state index in [9.17, 15) is 23.1 Å². The van der Waals surface area contributed by atoms with Crippen molar-refractivity contribution in [1.29, 1.82) is 0 Å². The topological polar surface area (TPSA) is 74.2 Å². The predicted octanol–water partition coefficient (Wildman–Crippen LogP) is 7.54. The van der Waals surface area contributed by atoms with Crippen LogP contribution in [0.5, 0.6) is 0 Å². The van der Waals surface area contributed by atoms with Gasteiger partial charge in [0.15, 0.2) is 0 Å². The van der Waals surface area contributed by atoms with Crippen molar-refractivity contribution in [1.82, 2.24) is 10.2 Å². The fourth-order valence-electron chi connectivity index (χ4n) is 4.88. The molecule has 43 heavy (non-hydrogen) atoms. The highest BCUT2D eigenvalue weighted by Gasteiger charge is 2.32. The van der Waals surface area contributed by atoms with Crippen LogP contribution in [0.4, 0.5) is 13.2 Å². The number of rotatable bonds is 14. The van der Waals surface area contributed by atoms with Gasteiger partial charge in [0.2, 0.25) is 0 Å². The average Bonchev–Trinajstić information content (AvgIpc) is 2.99. The first-order chi connectivity index (χ1) is 20.4. The molecule has 0 radical (unpaired) electrons. The van der Waals surface area contributed by atoms with Gasteiger partial charge in [0.1, 0.15) is 7.11 Å². The highest BCUT2D eigenvalue weighted by Crippen LogP contribution is 2.32. The number of halogens is 5. The molecule has 0 bridgehead atoms. The molecule has 2 N–H and O–H groups in total. The maximum absolute atomic E-state index is 13.2. The molecule has 6 nitrogen and oxygen atoms in total. The Morgan fingerprint density at radius 3 is 2.33 bits per heavy atom. The summed E-state index contributed by atoms with van der Waals surface area (Å²) in [5, 5.41) is 19.5. The molecule has 3 rings (SSSR count). The lowest BCUT2D eigenvalue weighted by Gasteiger charge is -2.28. The number of amides is 1. The second-order valence-corrected chi connectivity index (χ2v) is 11.1. The standard InChI is InChI=1S/C32H36Cl2F3N3O3/c1-4-31(42,24-10-6-5-7-11-24)16-18-38-17-15-26(22-13-14-27(33)28(34)20-22)29(39-43-3)21-40(2)30(41)23-9-8-12-25(19-23)32(35,36)37/h5-14,19-20,26,38,42H,4,15-18,21H2,1-3H3/b39-29-. The number of oxime groups is 1. The highest BCUT2D eigenvalue weighted by molar-refractivity contribution is 6.42. The summed E-state index contributed by atoms with van der Waals surface area (Å²) in [7, 11) is 2.88. The molecule has 0 aromatic heterocycles. The molecule has 0 aliphatic rings. The van der Waals surface area contributed by atoms with Gasteiger partial charge in [0.05, 0.1) is 33.5 Å². The Bertz CT molecular complexity index is 1390. The molecule has 1 amide bonds. The summed E-state index contributed by atoms with van der Waals surface area (Å²) >= 11 is 12.5. The van der Waals surface area contributed by atoms with Gasteiger partial charge in [-0.25, -0.2) is 0 Å². The summed E-state index contributed by atoms with van der Waals surface area (Å²) in [5.41, 5.74) is 0.146. The van der Waals surface area contributed by atoms with E-state index >= 15 is 0 Å². The van der Waals surface area contributed by atoms with Crippen LogP contribution in [0.2, 0.25) is 10.0 Å². The molecule has 0 saturated heterocycles. The zero-order valence-corrected chi connectivity index (χ0v) is 25.8. The van der Waals surface area contributed by atoms with Crippen LogP contribution in [-0.4, -0.2) is 55.4 Å². The molecule has 0 aliphatic carbocycles. The zero-order valence-electron chi connectivity index (χ0n) is 24.3. The Balaban J connectivity index is 1.77. The molecule has 0 aliphatic heterocycles. The van der Waals surface area contributed by atoms with Gasteiger partial charge in [0, 0.05) is 18.5 Å². The molecular weight excluding hydrogens is 602 g/mol. The van der Waals surface area contributed by atoms with Crippen LogP contribution in [0.15, 0.2) is 78.0 Å². The maximum atomic E-state index is 13.2. The van der Waals surface area contributed by atoms with E-state index < -0.39 is 23.2 Å². The summed E-state index contributed by atoms with van der Waals surface area (Å²) in [5.74, 6) is -0.973. The van der Waals surface area contributed by atoms with Crippen LogP contribution in [-0.2, 0) is 16.6 Å². The van der Waals surface area contributed by atoms with Crippen molar-refractivity contribution in [2.24, 2.45) is 5.16 Å². The lowest BCUT2D eigenvalue weighted by atomic mass is 9.88. The molecular formula is C32H36Cl2F3N3O3. The van der Waals surface area contributed by atoms with Crippen LogP contribution < -0.4 is 5.32 Å². The summed E-state index contributed by atoms with van der Waals surface area (Å²) in [6.45, 7) is 2.99. The Morgan fingerprint density at radius 2 is 1.70 bits per heavy atom. The van der Waals surface area contributed by atoms with E-state index in [4.69, 9.17) is 28.0 Å². The fraction of sp³-hybridized carbons (Fsp3) is 0.375. The Hall–Kier alpha value is -3.11. The van der Waals surface area contributed by atoms with E-state index in [1.165, 1.54) is 31.2 Å². The van der Waals surface area contributed by atoms with Gasteiger partial charge < -0.3 is 20.2 Å². The number of nitrogens with zero attached hydrogens (tertiary/aromatic N) is 2. The minimum absolute atomic E-state index is 0.0164. The molecule has 2 atom stereocenters. The van der Waals surface area contributed by atoms with Gasteiger partial charge in [-0.05, 0) is 73.8 Å². The van der Waals surface area contributed by atoms with Crippen molar-refractivity contribution in [2.75, 3.05) is 33.8 Å². The molecule has 3 aromatic carbocycles. The van der Waals surface area contributed by atoms with Gasteiger partial charge >= 0.3 is 6.18 Å². The third-order valence-corrected chi connectivity index (χ3v) is 8.10. The average molecular weight is 639 g/mol. The molecule has 3 aromatic rings. The Kier molecular flexibility index (Phi) is 12.4. The van der Waals surface area contributed by atoms with Crippen molar-refractivity contribution in [3.63, 3.8) is 0 Å². The van der Waals surface area contributed by atoms with E-state index in [1.807, 2.05) is 43.3 Å². The lowest BCUT2D eigenvalue weighted by Crippen LogP contribution is -2.36. The van der Waals surface area contributed by atoms with E-state index in [-0.39, 0.29) is 18.0 Å². The molecule has 0 spiro atoms. The third-order valence-electron chi connectivity index (χ3n) is 7.36. The van der Waals surface area contributed by atoms with Crippen LogP contribution >= 0.6 is 23.2 Å². The van der Waals surface area contributed by atoms with Crippen molar-refractivity contribution in [3.05, 3.63) is 105 Å². The predicted molar refractivity (Wildman–Crippen MR) is 165 cm³/mol. The number of nitrogens with one attached hydrogen (secondary N) is 1. The number of carbonyl (C=O) groups is 1. The lowest BCUT2D eigenvalue weighted by molar-refractivity contribution is -0.137. The fourth-order valence-corrected chi connectivity index (χ4v) is 5.19. The number of alkyl halides is 3. The molecule has 0 heterocycles. The van der Waals surface area contributed by atoms with Crippen LogP contribution in [0.1, 0.15) is 59.2 Å². The zero-order chi connectivity index (χ0) is 31.6. The van der Waals surface area contributed by atoms with Gasteiger partial charge in [-0.2, -0.15) is 13.2 Å². The summed E-state index contributed by atoms with van der Waals surface area (Å²) in [4.78, 5) is 19.6. The van der Waals surface area contributed by atoms with E-state index in [2.05, 4.69) is 10.5 Å². The Morgan fingerprint density at radius 1 is 1.00 bits per heavy atom. The van der Waals surface area contributed by atoms with E-state index in [1.54, 1.807) is 12.1 Å². The Labute approximate surface area is 260 Å². The second-order valence-electron chi connectivity index (χ2n) is 10.3. The smallest absolute Gasteiger partial charge is 0.399 e. The van der Waals surface area contributed by atoms with Gasteiger partial charge in [-0.3, -0.25) is 4.79 Å². The van der Waals surface area contributed by atoms with Gasteiger partial charge in [0.25, 0.3) is 5.91 Å². The molecule has 0 saturated carbocycles. The second kappa shape index (κ2) is 15.6. The number of hydrogen-bond acceptors (Lipinski definition) is 5.